The number of aliphatic hydroxyl groups is 1. The Labute approximate surface area is 203 Å². The second-order valence-electron chi connectivity index (χ2n) is 9.33. The fourth-order valence-corrected chi connectivity index (χ4v) is 4.25. The highest BCUT2D eigenvalue weighted by molar-refractivity contribution is 5.44. The number of hydrogen-bond acceptors (Lipinski definition) is 5. The molecule has 1 heterocycles. The molecule has 34 heavy (non-hydrogen) atoms. The summed E-state index contributed by atoms with van der Waals surface area (Å²) in [5, 5.41) is 15.5. The third-order valence-electron chi connectivity index (χ3n) is 6.37. The molecule has 0 amide bonds. The highest BCUT2D eigenvalue weighted by atomic mass is 16.5. The van der Waals surface area contributed by atoms with Crippen molar-refractivity contribution in [1.29, 1.82) is 0 Å². The van der Waals surface area contributed by atoms with Gasteiger partial charge in [0.2, 0.25) is 5.88 Å². The zero-order chi connectivity index (χ0) is 23.9. The van der Waals surface area contributed by atoms with Gasteiger partial charge in [0.25, 0.3) is 0 Å². The fourth-order valence-electron chi connectivity index (χ4n) is 4.25. The molecule has 2 aromatic carbocycles. The molecule has 0 radical (unpaired) electrons. The molecule has 1 N–H and O–H groups in total. The highest BCUT2D eigenvalue weighted by Gasteiger charge is 2.28. The van der Waals surface area contributed by atoms with Crippen molar-refractivity contribution in [2.45, 2.75) is 58.6 Å². The summed E-state index contributed by atoms with van der Waals surface area (Å²) in [6.07, 6.45) is 5.24. The minimum atomic E-state index is -0.311. The van der Waals surface area contributed by atoms with Crippen LogP contribution < -0.4 is 9.47 Å². The van der Waals surface area contributed by atoms with Gasteiger partial charge < -0.3 is 14.6 Å². The lowest BCUT2D eigenvalue weighted by Gasteiger charge is -2.25. The van der Waals surface area contributed by atoms with Gasteiger partial charge in [0.05, 0.1) is 30.2 Å². The van der Waals surface area contributed by atoms with E-state index in [4.69, 9.17) is 14.6 Å². The first-order valence-electron chi connectivity index (χ1n) is 12.4. The molecule has 6 heteroatoms. The number of aromatic nitrogens is 2. The maximum Gasteiger partial charge on any atom is 0.227 e. The number of para-hydroxylation sites is 1. The van der Waals surface area contributed by atoms with Gasteiger partial charge in [-0.05, 0) is 68.5 Å². The molecule has 6 nitrogen and oxygen atoms in total. The zero-order valence-corrected chi connectivity index (χ0v) is 20.6. The van der Waals surface area contributed by atoms with Crippen molar-refractivity contribution in [3.05, 3.63) is 65.9 Å². The fraction of sp³-hybridized carbons (Fsp3) is 0.464. The Kier molecular flexibility index (Phi) is 8.25. The topological polar surface area (TPSA) is 59.8 Å². The van der Waals surface area contributed by atoms with Crippen LogP contribution in [0, 0.1) is 12.8 Å². The maximum absolute atomic E-state index is 10.7. The Morgan fingerprint density at radius 1 is 1.09 bits per heavy atom. The standard InChI is InChI=1S/C28H37N3O3/c1-4-5-11-24(32)19-30(18-22-12-13-22)20-27-21(2)29-31(23-9-7-6-8-10-23)28(27)34-26-16-14-25(33-3)15-17-26/h6-10,14-17,22,24,32H,4-5,11-13,18-20H2,1-3H3/t24-/m1/s1. The van der Waals surface area contributed by atoms with Crippen LogP contribution in [0.2, 0.25) is 0 Å². The van der Waals surface area contributed by atoms with E-state index in [1.807, 2.05) is 66.2 Å². The van der Waals surface area contributed by atoms with E-state index >= 15 is 0 Å². The molecule has 0 saturated heterocycles. The van der Waals surface area contributed by atoms with Crippen LogP contribution in [-0.2, 0) is 6.54 Å². The first-order valence-corrected chi connectivity index (χ1v) is 12.4. The van der Waals surface area contributed by atoms with E-state index in [0.717, 1.165) is 66.0 Å². The number of hydrogen-bond donors (Lipinski definition) is 1. The molecule has 1 fully saturated rings. The summed E-state index contributed by atoms with van der Waals surface area (Å²) in [4.78, 5) is 2.39. The second-order valence-corrected chi connectivity index (χ2v) is 9.33. The monoisotopic (exact) mass is 463 g/mol. The normalized spacial score (nSPS) is 14.4. The predicted octanol–water partition coefficient (Wildman–Crippen LogP) is 5.74. The van der Waals surface area contributed by atoms with Crippen LogP contribution in [0.5, 0.6) is 17.4 Å². The molecule has 1 saturated carbocycles. The van der Waals surface area contributed by atoms with Crippen LogP contribution in [0.1, 0.15) is 50.3 Å². The van der Waals surface area contributed by atoms with Crippen LogP contribution in [-0.4, -0.2) is 46.1 Å². The van der Waals surface area contributed by atoms with E-state index in [-0.39, 0.29) is 6.10 Å². The van der Waals surface area contributed by atoms with Crippen molar-refractivity contribution in [3.63, 3.8) is 0 Å². The SMILES string of the molecule is CCCC[C@@H](O)CN(Cc1c(C)nn(-c2ccccc2)c1Oc1ccc(OC)cc1)CC1CC1. The third-order valence-corrected chi connectivity index (χ3v) is 6.37. The third kappa shape index (κ3) is 6.39. The van der Waals surface area contributed by atoms with Crippen LogP contribution in [0.4, 0.5) is 0 Å². The number of benzene rings is 2. The van der Waals surface area contributed by atoms with Crippen molar-refractivity contribution >= 4 is 0 Å². The largest absolute Gasteiger partial charge is 0.497 e. The summed E-state index contributed by atoms with van der Waals surface area (Å²) >= 11 is 0. The molecule has 182 valence electrons. The summed E-state index contributed by atoms with van der Waals surface area (Å²) < 4.78 is 13.6. The smallest absolute Gasteiger partial charge is 0.227 e. The van der Waals surface area contributed by atoms with Crippen LogP contribution >= 0.6 is 0 Å². The van der Waals surface area contributed by atoms with Crippen molar-refractivity contribution in [2.75, 3.05) is 20.2 Å². The molecule has 1 aromatic heterocycles. The van der Waals surface area contributed by atoms with Crippen molar-refractivity contribution < 1.29 is 14.6 Å². The molecule has 0 aliphatic heterocycles. The average molecular weight is 464 g/mol. The molecule has 1 aliphatic carbocycles. The van der Waals surface area contributed by atoms with E-state index in [1.54, 1.807) is 7.11 Å². The lowest BCUT2D eigenvalue weighted by molar-refractivity contribution is 0.0965. The summed E-state index contributed by atoms with van der Waals surface area (Å²) in [6, 6.07) is 17.7. The quantitative estimate of drug-likeness (QED) is 0.350. The van der Waals surface area contributed by atoms with E-state index in [0.29, 0.717) is 13.1 Å². The minimum absolute atomic E-state index is 0.311. The van der Waals surface area contributed by atoms with Gasteiger partial charge in [0.15, 0.2) is 0 Å². The summed E-state index contributed by atoms with van der Waals surface area (Å²) in [5.74, 6) is 2.97. The van der Waals surface area contributed by atoms with Gasteiger partial charge in [-0.15, -0.1) is 0 Å². The van der Waals surface area contributed by atoms with Crippen molar-refractivity contribution in [2.24, 2.45) is 5.92 Å². The molecular weight excluding hydrogens is 426 g/mol. The number of methoxy groups -OCH3 is 1. The lowest BCUT2D eigenvalue weighted by Crippen LogP contribution is -2.34. The van der Waals surface area contributed by atoms with Gasteiger partial charge in [-0.2, -0.15) is 5.10 Å². The summed E-state index contributed by atoms with van der Waals surface area (Å²) in [6.45, 7) is 6.58. The first kappa shape index (κ1) is 24.3. The molecule has 0 spiro atoms. The van der Waals surface area contributed by atoms with Crippen LogP contribution in [0.25, 0.3) is 5.69 Å². The number of aryl methyl sites for hydroxylation is 1. The molecule has 1 aliphatic rings. The van der Waals surface area contributed by atoms with Gasteiger partial charge in [0.1, 0.15) is 11.5 Å². The zero-order valence-electron chi connectivity index (χ0n) is 20.6. The first-order chi connectivity index (χ1) is 16.6. The number of unbranched alkanes of at least 4 members (excludes halogenated alkanes) is 1. The average Bonchev–Trinajstić information content (AvgIpc) is 3.63. The van der Waals surface area contributed by atoms with E-state index in [1.165, 1.54) is 12.8 Å². The van der Waals surface area contributed by atoms with Crippen LogP contribution in [0.15, 0.2) is 54.6 Å². The van der Waals surface area contributed by atoms with Crippen molar-refractivity contribution in [1.82, 2.24) is 14.7 Å². The number of rotatable bonds is 13. The van der Waals surface area contributed by atoms with Gasteiger partial charge >= 0.3 is 0 Å². The second kappa shape index (κ2) is 11.5. The lowest BCUT2D eigenvalue weighted by atomic mass is 10.1. The summed E-state index contributed by atoms with van der Waals surface area (Å²) in [5.41, 5.74) is 2.95. The molecule has 0 bridgehead atoms. The number of aliphatic hydroxyl groups excluding tert-OH is 1. The molecule has 0 unspecified atom stereocenters. The number of nitrogens with zero attached hydrogens (tertiary/aromatic N) is 3. The molecule has 1 atom stereocenters. The Hall–Kier alpha value is -2.83. The Morgan fingerprint density at radius 3 is 2.44 bits per heavy atom. The molecule has 4 rings (SSSR count). The van der Waals surface area contributed by atoms with Gasteiger partial charge in [-0.3, -0.25) is 4.90 Å². The van der Waals surface area contributed by atoms with E-state index < -0.39 is 0 Å². The van der Waals surface area contributed by atoms with Crippen molar-refractivity contribution in [3.8, 4) is 23.1 Å². The number of ether oxygens (including phenoxy) is 2. The molecule has 3 aromatic rings. The van der Waals surface area contributed by atoms with Gasteiger partial charge in [-0.1, -0.05) is 38.0 Å². The maximum atomic E-state index is 10.7. The molecular formula is C28H37N3O3. The summed E-state index contributed by atoms with van der Waals surface area (Å²) in [7, 11) is 1.66. The Morgan fingerprint density at radius 2 is 1.79 bits per heavy atom. The van der Waals surface area contributed by atoms with Gasteiger partial charge in [0, 0.05) is 19.6 Å². The van der Waals surface area contributed by atoms with E-state index in [2.05, 4.69) is 11.8 Å². The van der Waals surface area contributed by atoms with Gasteiger partial charge in [-0.25, -0.2) is 4.68 Å². The van der Waals surface area contributed by atoms with E-state index in [9.17, 15) is 5.11 Å². The highest BCUT2D eigenvalue weighted by Crippen LogP contribution is 2.34. The Bertz CT molecular complexity index is 1030. The predicted molar refractivity (Wildman–Crippen MR) is 135 cm³/mol. The minimum Gasteiger partial charge on any atom is -0.497 e. The van der Waals surface area contributed by atoms with Crippen LogP contribution in [0.3, 0.4) is 0 Å². The Balaban J connectivity index is 1.64.